The van der Waals surface area contributed by atoms with Crippen molar-refractivity contribution in [2.75, 3.05) is 6.54 Å². The second-order valence-corrected chi connectivity index (χ2v) is 5.30. The number of amides is 1. The molecule has 1 atom stereocenters. The van der Waals surface area contributed by atoms with E-state index in [2.05, 4.69) is 17.4 Å². The molecule has 0 bridgehead atoms. The fourth-order valence-electron chi connectivity index (χ4n) is 2.40. The van der Waals surface area contributed by atoms with Crippen molar-refractivity contribution in [3.8, 4) is 0 Å². The average Bonchev–Trinajstić information content (AvgIpc) is 3.21. The first-order valence-electron chi connectivity index (χ1n) is 6.78. The fourth-order valence-corrected chi connectivity index (χ4v) is 2.40. The number of carbonyl (C=O) groups excluding carboxylic acids is 1. The Labute approximate surface area is 109 Å². The number of nitrogens with zero attached hydrogens (tertiary/aromatic N) is 1. The van der Waals surface area contributed by atoms with Crippen molar-refractivity contribution in [3.63, 3.8) is 0 Å². The van der Waals surface area contributed by atoms with Gasteiger partial charge < -0.3 is 16.3 Å². The minimum Gasteiger partial charge on any atom is -0.409 e. The highest BCUT2D eigenvalue weighted by Gasteiger charge is 2.40. The summed E-state index contributed by atoms with van der Waals surface area (Å²) in [5.74, 6) is 1.14. The molecule has 5 heteroatoms. The summed E-state index contributed by atoms with van der Waals surface area (Å²) in [6.07, 6.45) is 3.60. The van der Waals surface area contributed by atoms with Crippen LogP contribution in [0.4, 0.5) is 0 Å². The topological polar surface area (TPSA) is 87.7 Å². The van der Waals surface area contributed by atoms with Gasteiger partial charge in [-0.15, -0.1) is 0 Å². The second kappa shape index (κ2) is 6.07. The van der Waals surface area contributed by atoms with Gasteiger partial charge in [-0.1, -0.05) is 25.9 Å². The Morgan fingerprint density at radius 3 is 2.44 bits per heavy atom. The van der Waals surface area contributed by atoms with Crippen molar-refractivity contribution in [2.45, 2.75) is 46.5 Å². The molecular formula is C13H25N3O2. The van der Waals surface area contributed by atoms with Gasteiger partial charge in [0.25, 0.3) is 0 Å². The van der Waals surface area contributed by atoms with Crippen LogP contribution in [0, 0.1) is 17.3 Å². The molecule has 1 aliphatic rings. The lowest BCUT2D eigenvalue weighted by Gasteiger charge is -2.29. The van der Waals surface area contributed by atoms with E-state index in [-0.39, 0.29) is 11.7 Å². The molecular weight excluding hydrogens is 230 g/mol. The van der Waals surface area contributed by atoms with Gasteiger partial charge in [0, 0.05) is 6.54 Å². The number of nitrogens with two attached hydrogens (primary N) is 1. The second-order valence-electron chi connectivity index (χ2n) is 5.30. The molecule has 104 valence electrons. The fraction of sp³-hybridized carbons (Fsp3) is 0.846. The minimum absolute atomic E-state index is 0.00377. The predicted molar refractivity (Wildman–Crippen MR) is 71.3 cm³/mol. The normalized spacial score (nSPS) is 18.5. The Kier molecular flexibility index (Phi) is 4.99. The number of rotatable bonds is 7. The van der Waals surface area contributed by atoms with Gasteiger partial charge in [-0.05, 0) is 37.5 Å². The molecule has 0 aromatic carbocycles. The van der Waals surface area contributed by atoms with Crippen LogP contribution in [0.3, 0.4) is 0 Å². The molecule has 5 nitrogen and oxygen atoms in total. The molecule has 0 spiro atoms. The first-order chi connectivity index (χ1) is 8.51. The van der Waals surface area contributed by atoms with Gasteiger partial charge in [0.1, 0.15) is 5.41 Å². The van der Waals surface area contributed by atoms with E-state index < -0.39 is 5.41 Å². The van der Waals surface area contributed by atoms with Crippen LogP contribution >= 0.6 is 0 Å². The van der Waals surface area contributed by atoms with Crippen LogP contribution in [-0.2, 0) is 4.79 Å². The largest absolute Gasteiger partial charge is 0.409 e. The lowest BCUT2D eigenvalue weighted by molar-refractivity contribution is -0.128. The van der Waals surface area contributed by atoms with Crippen LogP contribution in [0.1, 0.15) is 46.5 Å². The molecule has 1 aliphatic carbocycles. The molecule has 0 saturated heterocycles. The molecule has 0 aromatic heterocycles. The van der Waals surface area contributed by atoms with E-state index in [9.17, 15) is 4.79 Å². The standard InChI is InChI=1S/C13H25N3O2/c1-4-13(5-2,11(14)16-18)12(17)15-8-9(3)10-6-7-10/h9-10,18H,4-8H2,1-3H3,(H2,14,16)(H,15,17). The number of carbonyl (C=O) groups is 1. The van der Waals surface area contributed by atoms with E-state index in [1.165, 1.54) is 12.8 Å². The molecule has 4 N–H and O–H groups in total. The smallest absolute Gasteiger partial charge is 0.233 e. The van der Waals surface area contributed by atoms with E-state index in [1.807, 2.05) is 13.8 Å². The minimum atomic E-state index is -0.877. The summed E-state index contributed by atoms with van der Waals surface area (Å²) in [7, 11) is 0. The Balaban J connectivity index is 2.64. The first-order valence-corrected chi connectivity index (χ1v) is 6.78. The molecule has 1 fully saturated rings. The summed E-state index contributed by atoms with van der Waals surface area (Å²) in [5, 5.41) is 14.8. The van der Waals surface area contributed by atoms with Gasteiger partial charge in [-0.3, -0.25) is 4.79 Å². The summed E-state index contributed by atoms with van der Waals surface area (Å²) in [4.78, 5) is 12.3. The Morgan fingerprint density at radius 2 is 2.06 bits per heavy atom. The maximum Gasteiger partial charge on any atom is 0.233 e. The van der Waals surface area contributed by atoms with E-state index in [0.717, 1.165) is 5.92 Å². The zero-order valence-corrected chi connectivity index (χ0v) is 11.6. The highest BCUT2D eigenvalue weighted by Crippen LogP contribution is 2.36. The number of amidine groups is 1. The summed E-state index contributed by atoms with van der Waals surface area (Å²) < 4.78 is 0. The SMILES string of the molecule is CCC(CC)(C(=O)NCC(C)C1CC1)C(N)=NO. The van der Waals surface area contributed by atoms with Crippen LogP contribution in [0.25, 0.3) is 0 Å². The van der Waals surface area contributed by atoms with Gasteiger partial charge in [0.05, 0.1) is 0 Å². The van der Waals surface area contributed by atoms with Gasteiger partial charge in [-0.2, -0.15) is 0 Å². The highest BCUT2D eigenvalue weighted by atomic mass is 16.4. The van der Waals surface area contributed by atoms with Crippen molar-refractivity contribution >= 4 is 11.7 Å². The van der Waals surface area contributed by atoms with Gasteiger partial charge in [0.2, 0.25) is 5.91 Å². The van der Waals surface area contributed by atoms with Gasteiger partial charge in [-0.25, -0.2) is 0 Å². The summed E-state index contributed by atoms with van der Waals surface area (Å²) in [6, 6.07) is 0. The lowest BCUT2D eigenvalue weighted by atomic mass is 9.80. The van der Waals surface area contributed by atoms with Gasteiger partial charge >= 0.3 is 0 Å². The number of nitrogens with one attached hydrogen (secondary N) is 1. The van der Waals surface area contributed by atoms with Crippen molar-refractivity contribution < 1.29 is 10.0 Å². The predicted octanol–water partition coefficient (Wildman–Crippen LogP) is 1.70. The Morgan fingerprint density at radius 1 is 1.50 bits per heavy atom. The molecule has 0 aliphatic heterocycles. The Hall–Kier alpha value is -1.26. The van der Waals surface area contributed by atoms with Gasteiger partial charge in [0.15, 0.2) is 5.84 Å². The lowest BCUT2D eigenvalue weighted by Crippen LogP contribution is -2.50. The molecule has 18 heavy (non-hydrogen) atoms. The molecule has 1 unspecified atom stereocenters. The van der Waals surface area contributed by atoms with Crippen LogP contribution < -0.4 is 11.1 Å². The zero-order chi connectivity index (χ0) is 13.8. The summed E-state index contributed by atoms with van der Waals surface area (Å²) in [5.41, 5.74) is 4.81. The third kappa shape index (κ3) is 2.94. The van der Waals surface area contributed by atoms with E-state index >= 15 is 0 Å². The average molecular weight is 255 g/mol. The quantitative estimate of drug-likeness (QED) is 0.280. The van der Waals surface area contributed by atoms with Crippen molar-refractivity contribution in [1.82, 2.24) is 5.32 Å². The monoisotopic (exact) mass is 255 g/mol. The molecule has 0 radical (unpaired) electrons. The third-order valence-corrected chi connectivity index (χ3v) is 4.25. The molecule has 0 aromatic rings. The summed E-state index contributed by atoms with van der Waals surface area (Å²) in [6.45, 7) is 6.59. The third-order valence-electron chi connectivity index (χ3n) is 4.25. The van der Waals surface area contributed by atoms with Crippen molar-refractivity contribution in [3.05, 3.63) is 0 Å². The molecule has 0 heterocycles. The van der Waals surface area contributed by atoms with E-state index in [1.54, 1.807) is 0 Å². The maximum absolute atomic E-state index is 12.3. The number of hydrogen-bond acceptors (Lipinski definition) is 3. The van der Waals surface area contributed by atoms with Crippen LogP contribution in [-0.4, -0.2) is 23.5 Å². The van der Waals surface area contributed by atoms with Crippen molar-refractivity contribution in [1.29, 1.82) is 0 Å². The highest BCUT2D eigenvalue weighted by molar-refractivity contribution is 6.06. The molecule has 1 amide bonds. The first kappa shape index (κ1) is 14.8. The number of oxime groups is 1. The van der Waals surface area contributed by atoms with E-state index in [4.69, 9.17) is 10.9 Å². The van der Waals surface area contributed by atoms with Crippen molar-refractivity contribution in [2.24, 2.45) is 28.1 Å². The maximum atomic E-state index is 12.3. The van der Waals surface area contributed by atoms with E-state index in [0.29, 0.717) is 25.3 Å². The Bertz CT molecular complexity index is 320. The van der Waals surface area contributed by atoms with Crippen LogP contribution in [0.5, 0.6) is 0 Å². The molecule has 1 rings (SSSR count). The van der Waals surface area contributed by atoms with Crippen LogP contribution in [0.2, 0.25) is 0 Å². The molecule has 1 saturated carbocycles. The zero-order valence-electron chi connectivity index (χ0n) is 11.6. The summed E-state index contributed by atoms with van der Waals surface area (Å²) >= 11 is 0. The van der Waals surface area contributed by atoms with Crippen LogP contribution in [0.15, 0.2) is 5.16 Å². The number of hydrogen-bond donors (Lipinski definition) is 3.